The van der Waals surface area contributed by atoms with Crippen molar-refractivity contribution in [3.63, 3.8) is 0 Å². The summed E-state index contributed by atoms with van der Waals surface area (Å²) in [5, 5.41) is 0. The topological polar surface area (TPSA) is 57.2 Å². The summed E-state index contributed by atoms with van der Waals surface area (Å²) < 4.78 is 21.3. The Morgan fingerprint density at radius 2 is 1.84 bits per heavy atom. The largest absolute Gasteiger partial charge is 0.444 e. The molecule has 1 saturated heterocycles. The van der Waals surface area contributed by atoms with Crippen LogP contribution in [0.4, 0.5) is 4.79 Å². The van der Waals surface area contributed by atoms with Gasteiger partial charge in [-0.3, -0.25) is 4.90 Å². The first-order chi connectivity index (χ1) is 8.84. The van der Waals surface area contributed by atoms with Crippen LogP contribution in [0.25, 0.3) is 0 Å². The molecule has 6 heteroatoms. The summed E-state index contributed by atoms with van der Waals surface area (Å²) in [6.07, 6.45) is -0.346. The fourth-order valence-electron chi connectivity index (χ4n) is 2.27. The van der Waals surface area contributed by atoms with Crippen molar-refractivity contribution in [2.75, 3.05) is 27.9 Å². The maximum atomic E-state index is 12.3. The maximum absolute atomic E-state index is 12.3. The van der Waals surface area contributed by atoms with Crippen molar-refractivity contribution in [3.05, 3.63) is 0 Å². The van der Waals surface area contributed by atoms with E-state index in [2.05, 4.69) is 0 Å². The minimum absolute atomic E-state index is 0.102. The molecular formula is C13H25NO5. The second-order valence-corrected chi connectivity index (χ2v) is 5.63. The Morgan fingerprint density at radius 1 is 1.21 bits per heavy atom. The molecule has 3 atom stereocenters. The van der Waals surface area contributed by atoms with Crippen LogP contribution in [-0.2, 0) is 18.9 Å². The van der Waals surface area contributed by atoms with E-state index in [0.717, 1.165) is 0 Å². The molecule has 0 aromatic rings. The van der Waals surface area contributed by atoms with E-state index in [1.54, 1.807) is 26.2 Å². The van der Waals surface area contributed by atoms with Gasteiger partial charge in [-0.05, 0) is 20.8 Å². The summed E-state index contributed by atoms with van der Waals surface area (Å²) in [4.78, 5) is 13.9. The van der Waals surface area contributed by atoms with Crippen LogP contribution in [0, 0.1) is 0 Å². The molecule has 1 fully saturated rings. The standard InChI is InChI=1S/C13H25NO5/c1-13(2,3)19-12(15)14-9(8-16-4)7-10(17-5)11(14)18-6/h9-11H,7-8H2,1-6H3/t9-,10+,11?/m0/s1. The fraction of sp³-hybridized carbons (Fsp3) is 0.923. The normalized spacial score (nSPS) is 27.7. The summed E-state index contributed by atoms with van der Waals surface area (Å²) in [6, 6.07) is -0.102. The number of carbonyl (C=O) groups excluding carboxylic acids is 1. The van der Waals surface area contributed by atoms with Gasteiger partial charge in [0.1, 0.15) is 11.7 Å². The SMILES string of the molecule is COC[C@@H]1C[C@@H](OC)C(OC)N1C(=O)OC(C)(C)C. The molecule has 6 nitrogen and oxygen atoms in total. The summed E-state index contributed by atoms with van der Waals surface area (Å²) >= 11 is 0. The van der Waals surface area contributed by atoms with Gasteiger partial charge in [-0.1, -0.05) is 0 Å². The smallest absolute Gasteiger partial charge is 0.412 e. The Bertz CT molecular complexity index is 302. The third-order valence-electron chi connectivity index (χ3n) is 3.00. The Hall–Kier alpha value is -0.850. The first-order valence-corrected chi connectivity index (χ1v) is 6.40. The number of hydrogen-bond donors (Lipinski definition) is 0. The number of nitrogens with zero attached hydrogens (tertiary/aromatic N) is 1. The van der Waals surface area contributed by atoms with Crippen molar-refractivity contribution >= 4 is 6.09 Å². The molecule has 1 unspecified atom stereocenters. The summed E-state index contributed by atoms with van der Waals surface area (Å²) in [6.45, 7) is 5.94. The third kappa shape index (κ3) is 4.06. The maximum Gasteiger partial charge on any atom is 0.412 e. The molecule has 0 aliphatic carbocycles. The minimum atomic E-state index is -0.543. The van der Waals surface area contributed by atoms with Gasteiger partial charge in [0, 0.05) is 27.8 Å². The molecule has 1 rings (SSSR count). The lowest BCUT2D eigenvalue weighted by molar-refractivity contribution is -0.0891. The molecule has 1 aliphatic heterocycles. The van der Waals surface area contributed by atoms with Crippen LogP contribution in [0.5, 0.6) is 0 Å². The van der Waals surface area contributed by atoms with Crippen LogP contribution in [0.1, 0.15) is 27.2 Å². The third-order valence-corrected chi connectivity index (χ3v) is 3.00. The van der Waals surface area contributed by atoms with Crippen molar-refractivity contribution in [2.45, 2.75) is 51.2 Å². The highest BCUT2D eigenvalue weighted by Gasteiger charge is 2.46. The van der Waals surface area contributed by atoms with E-state index in [-0.39, 0.29) is 12.1 Å². The highest BCUT2D eigenvalue weighted by atomic mass is 16.6. The van der Waals surface area contributed by atoms with E-state index in [0.29, 0.717) is 13.0 Å². The van der Waals surface area contributed by atoms with Gasteiger partial charge in [0.25, 0.3) is 0 Å². The molecule has 0 aromatic carbocycles. The average molecular weight is 275 g/mol. The lowest BCUT2D eigenvalue weighted by atomic mass is 10.2. The molecule has 0 N–H and O–H groups in total. The van der Waals surface area contributed by atoms with Gasteiger partial charge in [0.05, 0.1) is 12.6 Å². The lowest BCUT2D eigenvalue weighted by Crippen LogP contribution is -2.48. The minimum Gasteiger partial charge on any atom is -0.444 e. The van der Waals surface area contributed by atoms with Crippen molar-refractivity contribution < 1.29 is 23.7 Å². The second-order valence-electron chi connectivity index (χ2n) is 5.63. The summed E-state index contributed by atoms with van der Waals surface area (Å²) in [5.74, 6) is 0. The molecule has 0 bridgehead atoms. The van der Waals surface area contributed by atoms with Gasteiger partial charge in [-0.2, -0.15) is 0 Å². The molecule has 1 amide bonds. The van der Waals surface area contributed by atoms with E-state index in [1.165, 1.54) is 0 Å². The van der Waals surface area contributed by atoms with Crippen LogP contribution in [-0.4, -0.2) is 62.9 Å². The predicted octanol–water partition coefficient (Wildman–Crippen LogP) is 1.63. The number of likely N-dealkylation sites (tertiary alicyclic amines) is 1. The molecule has 0 radical (unpaired) electrons. The molecule has 19 heavy (non-hydrogen) atoms. The van der Waals surface area contributed by atoms with Gasteiger partial charge in [-0.25, -0.2) is 4.79 Å². The number of hydrogen-bond acceptors (Lipinski definition) is 5. The first-order valence-electron chi connectivity index (χ1n) is 6.40. The Kier molecular flexibility index (Phi) is 5.58. The molecule has 1 heterocycles. The zero-order valence-corrected chi connectivity index (χ0v) is 12.6. The van der Waals surface area contributed by atoms with Crippen LogP contribution >= 0.6 is 0 Å². The first kappa shape index (κ1) is 16.2. The predicted molar refractivity (Wildman–Crippen MR) is 69.9 cm³/mol. The zero-order chi connectivity index (χ0) is 14.6. The molecule has 0 spiro atoms. The van der Waals surface area contributed by atoms with Gasteiger partial charge in [-0.15, -0.1) is 0 Å². The van der Waals surface area contributed by atoms with Gasteiger partial charge in [0.2, 0.25) is 0 Å². The monoisotopic (exact) mass is 275 g/mol. The molecule has 0 aromatic heterocycles. The van der Waals surface area contributed by atoms with Crippen LogP contribution in [0.2, 0.25) is 0 Å². The van der Waals surface area contributed by atoms with E-state index in [4.69, 9.17) is 18.9 Å². The molecule has 0 saturated carbocycles. The van der Waals surface area contributed by atoms with Gasteiger partial charge < -0.3 is 18.9 Å². The summed E-state index contributed by atoms with van der Waals surface area (Å²) in [7, 11) is 4.78. The fourth-order valence-corrected chi connectivity index (χ4v) is 2.27. The van der Waals surface area contributed by atoms with E-state index < -0.39 is 17.9 Å². The molecule has 112 valence electrons. The Balaban J connectivity index is 2.86. The van der Waals surface area contributed by atoms with Gasteiger partial charge >= 0.3 is 6.09 Å². The van der Waals surface area contributed by atoms with Crippen LogP contribution in [0.3, 0.4) is 0 Å². The second kappa shape index (κ2) is 6.54. The van der Waals surface area contributed by atoms with E-state index >= 15 is 0 Å². The zero-order valence-electron chi connectivity index (χ0n) is 12.6. The average Bonchev–Trinajstić information content (AvgIpc) is 2.65. The number of ether oxygens (including phenoxy) is 4. The molecular weight excluding hydrogens is 250 g/mol. The highest BCUT2D eigenvalue weighted by Crippen LogP contribution is 2.29. The number of rotatable bonds is 4. The quantitative estimate of drug-likeness (QED) is 0.780. The van der Waals surface area contributed by atoms with E-state index in [9.17, 15) is 4.79 Å². The van der Waals surface area contributed by atoms with Crippen LogP contribution in [0.15, 0.2) is 0 Å². The van der Waals surface area contributed by atoms with Crippen molar-refractivity contribution in [1.82, 2.24) is 4.90 Å². The Labute approximate surface area is 114 Å². The number of carbonyl (C=O) groups is 1. The van der Waals surface area contributed by atoms with Crippen molar-refractivity contribution in [1.29, 1.82) is 0 Å². The molecule has 1 aliphatic rings. The lowest BCUT2D eigenvalue weighted by Gasteiger charge is -2.32. The summed E-state index contributed by atoms with van der Waals surface area (Å²) in [5.41, 5.74) is -0.543. The van der Waals surface area contributed by atoms with E-state index in [1.807, 2.05) is 20.8 Å². The van der Waals surface area contributed by atoms with Crippen LogP contribution < -0.4 is 0 Å². The number of amides is 1. The van der Waals surface area contributed by atoms with Gasteiger partial charge in [0.15, 0.2) is 6.23 Å². The highest BCUT2D eigenvalue weighted by molar-refractivity contribution is 5.69. The Morgan fingerprint density at radius 3 is 2.26 bits per heavy atom. The van der Waals surface area contributed by atoms with Crippen molar-refractivity contribution in [3.8, 4) is 0 Å². The van der Waals surface area contributed by atoms with Crippen molar-refractivity contribution in [2.24, 2.45) is 0 Å². The number of methoxy groups -OCH3 is 3.